The number of anilines is 1. The first-order valence-corrected chi connectivity index (χ1v) is 10.7. The summed E-state index contributed by atoms with van der Waals surface area (Å²) in [6.07, 6.45) is 8.75. The van der Waals surface area contributed by atoms with Gasteiger partial charge in [0.05, 0.1) is 6.20 Å². The number of nitrogens with one attached hydrogen (secondary N) is 1. The number of aromatic nitrogens is 1. The summed E-state index contributed by atoms with van der Waals surface area (Å²) in [6.45, 7) is 1.43. The highest BCUT2D eigenvalue weighted by molar-refractivity contribution is 7.19. The average molecular weight is 415 g/mol. The summed E-state index contributed by atoms with van der Waals surface area (Å²) in [5, 5.41) is 3.45. The van der Waals surface area contributed by atoms with E-state index in [0.717, 1.165) is 38.5 Å². The number of carbonyl (C=O) groups excluding carboxylic acids is 2. The second-order valence-electron chi connectivity index (χ2n) is 7.14. The highest BCUT2D eigenvalue weighted by Gasteiger charge is 2.35. The molecule has 3 amide bonds. The number of halogens is 1. The maximum atomic E-state index is 13.1. The number of methoxy groups -OCH3 is 1. The summed E-state index contributed by atoms with van der Waals surface area (Å²) in [5.41, 5.74) is 0. The number of urea groups is 1. The molecule has 27 heavy (non-hydrogen) atoms. The second-order valence-corrected chi connectivity index (χ2v) is 8.81. The number of carbonyl (C=O) groups is 2. The Morgan fingerprint density at radius 1 is 1.26 bits per heavy atom. The van der Waals surface area contributed by atoms with Gasteiger partial charge in [0.2, 0.25) is 5.91 Å². The van der Waals surface area contributed by atoms with Crippen molar-refractivity contribution in [3.8, 4) is 0 Å². The van der Waals surface area contributed by atoms with E-state index in [0.29, 0.717) is 22.6 Å². The fourth-order valence-electron chi connectivity index (χ4n) is 4.07. The molecular weight excluding hydrogens is 388 g/mol. The lowest BCUT2D eigenvalue weighted by Gasteiger charge is -2.43. The average Bonchev–Trinajstić information content (AvgIpc) is 3.08. The molecule has 0 atom stereocenters. The zero-order valence-electron chi connectivity index (χ0n) is 15.7. The number of rotatable bonds is 5. The van der Waals surface area contributed by atoms with E-state index in [-0.39, 0.29) is 30.6 Å². The fraction of sp³-hybridized carbons (Fsp3) is 0.722. The first kappa shape index (κ1) is 20.4. The van der Waals surface area contributed by atoms with E-state index in [1.165, 1.54) is 24.9 Å². The van der Waals surface area contributed by atoms with Crippen LogP contribution >= 0.6 is 22.9 Å². The van der Waals surface area contributed by atoms with Crippen molar-refractivity contribution in [1.29, 1.82) is 0 Å². The third kappa shape index (κ3) is 5.33. The van der Waals surface area contributed by atoms with Gasteiger partial charge in [0.1, 0.15) is 10.9 Å². The van der Waals surface area contributed by atoms with Crippen molar-refractivity contribution < 1.29 is 14.3 Å². The zero-order valence-corrected chi connectivity index (χ0v) is 17.2. The maximum Gasteiger partial charge on any atom is 0.324 e. The van der Waals surface area contributed by atoms with Crippen LogP contribution in [0.4, 0.5) is 9.93 Å². The van der Waals surface area contributed by atoms with Gasteiger partial charge in [-0.15, -0.1) is 0 Å². The summed E-state index contributed by atoms with van der Waals surface area (Å²) < 4.78 is 5.51. The van der Waals surface area contributed by atoms with Crippen LogP contribution in [0.1, 0.15) is 44.9 Å². The van der Waals surface area contributed by atoms with Gasteiger partial charge in [-0.3, -0.25) is 10.1 Å². The maximum absolute atomic E-state index is 13.1. The molecule has 1 saturated heterocycles. The number of thiazole rings is 1. The molecule has 7 nitrogen and oxygen atoms in total. The van der Waals surface area contributed by atoms with Gasteiger partial charge in [-0.2, -0.15) is 0 Å². The Hall–Kier alpha value is -1.38. The van der Waals surface area contributed by atoms with E-state index in [9.17, 15) is 9.59 Å². The van der Waals surface area contributed by atoms with Crippen molar-refractivity contribution in [2.75, 3.05) is 32.1 Å². The molecule has 2 heterocycles. The SMILES string of the molecule is COCC(=O)N1CCC(N(C(=O)Nc2ncc(Cl)s2)C2CCCCC2)CC1. The highest BCUT2D eigenvalue weighted by Crippen LogP contribution is 2.30. The molecule has 0 bridgehead atoms. The molecule has 150 valence electrons. The number of piperidine rings is 1. The van der Waals surface area contributed by atoms with Gasteiger partial charge in [-0.25, -0.2) is 9.78 Å². The van der Waals surface area contributed by atoms with Crippen LogP contribution in [0.25, 0.3) is 0 Å². The molecule has 0 radical (unpaired) electrons. The van der Waals surface area contributed by atoms with E-state index >= 15 is 0 Å². The first-order valence-electron chi connectivity index (χ1n) is 9.56. The lowest BCUT2D eigenvalue weighted by molar-refractivity contribution is -0.136. The lowest BCUT2D eigenvalue weighted by atomic mass is 9.91. The largest absolute Gasteiger partial charge is 0.375 e. The molecule has 0 aromatic carbocycles. The predicted molar refractivity (Wildman–Crippen MR) is 106 cm³/mol. The van der Waals surface area contributed by atoms with Crippen LogP contribution in [-0.2, 0) is 9.53 Å². The quantitative estimate of drug-likeness (QED) is 0.798. The minimum atomic E-state index is -0.102. The number of ether oxygens (including phenoxy) is 1. The van der Waals surface area contributed by atoms with Crippen LogP contribution in [0.3, 0.4) is 0 Å². The van der Waals surface area contributed by atoms with Crippen LogP contribution in [0.5, 0.6) is 0 Å². The van der Waals surface area contributed by atoms with Crippen LogP contribution in [-0.4, -0.2) is 65.6 Å². The Kier molecular flexibility index (Phi) is 7.32. The van der Waals surface area contributed by atoms with Crippen molar-refractivity contribution in [1.82, 2.24) is 14.8 Å². The minimum absolute atomic E-state index is 0.0158. The van der Waals surface area contributed by atoms with Crippen molar-refractivity contribution in [3.05, 3.63) is 10.5 Å². The molecule has 2 aliphatic rings. The zero-order chi connectivity index (χ0) is 19.2. The Morgan fingerprint density at radius 3 is 2.52 bits per heavy atom. The molecule has 0 spiro atoms. The van der Waals surface area contributed by atoms with Crippen LogP contribution in [0, 0.1) is 0 Å². The van der Waals surface area contributed by atoms with E-state index in [2.05, 4.69) is 10.3 Å². The third-order valence-electron chi connectivity index (χ3n) is 5.37. The molecule has 2 fully saturated rings. The molecule has 1 aromatic heterocycles. The van der Waals surface area contributed by atoms with Crippen molar-refractivity contribution in [3.63, 3.8) is 0 Å². The molecule has 1 aliphatic heterocycles. The minimum Gasteiger partial charge on any atom is -0.375 e. The van der Waals surface area contributed by atoms with Crippen LogP contribution in [0.15, 0.2) is 6.20 Å². The van der Waals surface area contributed by atoms with Crippen molar-refractivity contribution >= 4 is 40.0 Å². The predicted octanol–water partition coefficient (Wildman–Crippen LogP) is 3.60. The van der Waals surface area contributed by atoms with Gasteiger partial charge in [0.25, 0.3) is 0 Å². The van der Waals surface area contributed by atoms with E-state index in [4.69, 9.17) is 16.3 Å². The smallest absolute Gasteiger partial charge is 0.324 e. The summed E-state index contributed by atoms with van der Waals surface area (Å²) in [7, 11) is 1.53. The molecule has 1 saturated carbocycles. The highest BCUT2D eigenvalue weighted by atomic mass is 35.5. The molecule has 9 heteroatoms. The third-order valence-corrected chi connectivity index (χ3v) is 6.40. The lowest BCUT2D eigenvalue weighted by Crippen LogP contribution is -2.54. The summed E-state index contributed by atoms with van der Waals surface area (Å²) >= 11 is 7.20. The summed E-state index contributed by atoms with van der Waals surface area (Å²) in [6, 6.07) is 0.283. The molecule has 3 rings (SSSR count). The van der Waals surface area contributed by atoms with E-state index in [1.807, 2.05) is 9.80 Å². The number of hydrogen-bond donors (Lipinski definition) is 1. The Balaban J connectivity index is 1.66. The topological polar surface area (TPSA) is 74.8 Å². The van der Waals surface area contributed by atoms with Gasteiger partial charge in [-0.05, 0) is 25.7 Å². The molecule has 1 aliphatic carbocycles. The van der Waals surface area contributed by atoms with Gasteiger partial charge in [-0.1, -0.05) is 42.2 Å². The molecule has 1 N–H and O–H groups in total. The van der Waals surface area contributed by atoms with E-state index < -0.39 is 0 Å². The fourth-order valence-corrected chi connectivity index (χ4v) is 4.87. The molecular formula is C18H27ClN4O3S. The first-order chi connectivity index (χ1) is 13.1. The van der Waals surface area contributed by atoms with E-state index in [1.54, 1.807) is 6.20 Å². The number of likely N-dealkylation sites (tertiary alicyclic amines) is 1. The Morgan fingerprint density at radius 2 is 1.93 bits per heavy atom. The normalized spacial score (nSPS) is 19.1. The van der Waals surface area contributed by atoms with Gasteiger partial charge in [0, 0.05) is 32.3 Å². The van der Waals surface area contributed by atoms with Crippen molar-refractivity contribution in [2.24, 2.45) is 0 Å². The summed E-state index contributed by atoms with van der Waals surface area (Å²) in [4.78, 5) is 33.1. The van der Waals surface area contributed by atoms with Crippen LogP contribution in [0.2, 0.25) is 4.34 Å². The molecule has 1 aromatic rings. The number of amides is 3. The van der Waals surface area contributed by atoms with Gasteiger partial charge < -0.3 is 14.5 Å². The Bertz CT molecular complexity index is 642. The standard InChI is InChI=1S/C18H27ClN4O3S/c1-26-12-16(24)22-9-7-14(8-10-22)23(13-5-3-2-4-6-13)18(25)21-17-20-11-15(19)27-17/h11,13-14H,2-10,12H2,1H3,(H,20,21,25). The summed E-state index contributed by atoms with van der Waals surface area (Å²) in [5.74, 6) is 0.0158. The second kappa shape index (κ2) is 9.71. The monoisotopic (exact) mass is 414 g/mol. The van der Waals surface area contributed by atoms with Gasteiger partial charge >= 0.3 is 6.03 Å². The number of hydrogen-bond acceptors (Lipinski definition) is 5. The molecule has 0 unspecified atom stereocenters. The van der Waals surface area contributed by atoms with Gasteiger partial charge in [0.15, 0.2) is 5.13 Å². The Labute approximate surface area is 169 Å². The number of nitrogens with zero attached hydrogens (tertiary/aromatic N) is 3. The van der Waals surface area contributed by atoms with Crippen LogP contribution < -0.4 is 5.32 Å². The van der Waals surface area contributed by atoms with Crippen molar-refractivity contribution in [2.45, 2.75) is 57.0 Å².